The minimum Gasteiger partial charge on any atom is -0.387 e. The number of aliphatic hydroxyl groups is 1. The van der Waals surface area contributed by atoms with Crippen LogP contribution in [-0.2, 0) is 0 Å². The van der Waals surface area contributed by atoms with Gasteiger partial charge in [-0.2, -0.15) is 0 Å². The lowest BCUT2D eigenvalue weighted by Gasteiger charge is -2.19. The smallest absolute Gasteiger partial charge is 0.0903 e. The number of aliphatic hydroxyl groups excluding tert-OH is 1. The Morgan fingerprint density at radius 2 is 2.42 bits per heavy atom. The maximum absolute atomic E-state index is 9.92. The zero-order chi connectivity index (χ0) is 8.39. The topological polar surface area (TPSA) is 32.3 Å². The third-order valence-electron chi connectivity index (χ3n) is 2.94. The molecule has 1 heterocycles. The Morgan fingerprint density at radius 3 is 3.00 bits per heavy atom. The summed E-state index contributed by atoms with van der Waals surface area (Å²) in [6.07, 6.45) is 7.88. The largest absolute Gasteiger partial charge is 0.387 e. The number of nitrogens with one attached hydrogen (secondary N) is 1. The van der Waals surface area contributed by atoms with Crippen LogP contribution in [0.5, 0.6) is 0 Å². The summed E-state index contributed by atoms with van der Waals surface area (Å²) in [4.78, 5) is 0. The highest BCUT2D eigenvalue weighted by molar-refractivity contribution is 5.15. The first-order valence-corrected chi connectivity index (χ1v) is 4.98. The van der Waals surface area contributed by atoms with Crippen molar-refractivity contribution in [1.82, 2.24) is 5.32 Å². The van der Waals surface area contributed by atoms with Crippen LogP contribution in [0.1, 0.15) is 32.1 Å². The van der Waals surface area contributed by atoms with Crippen LogP contribution in [0, 0.1) is 0 Å². The van der Waals surface area contributed by atoms with E-state index in [1.54, 1.807) is 0 Å². The first kappa shape index (κ1) is 8.27. The molecule has 1 saturated heterocycles. The first-order valence-electron chi connectivity index (χ1n) is 4.98. The summed E-state index contributed by atoms with van der Waals surface area (Å²) in [7, 11) is 0. The Balaban J connectivity index is 1.93. The van der Waals surface area contributed by atoms with Gasteiger partial charge in [0, 0.05) is 6.04 Å². The average Bonchev–Trinajstić information content (AvgIpc) is 2.77. The van der Waals surface area contributed by atoms with Crippen LogP contribution >= 0.6 is 0 Å². The lowest BCUT2D eigenvalue weighted by molar-refractivity contribution is 0.167. The van der Waals surface area contributed by atoms with E-state index >= 15 is 0 Å². The van der Waals surface area contributed by atoms with E-state index in [0.29, 0.717) is 6.04 Å². The van der Waals surface area contributed by atoms with Crippen LogP contribution in [-0.4, -0.2) is 23.8 Å². The molecule has 2 atom stereocenters. The van der Waals surface area contributed by atoms with Gasteiger partial charge in [-0.15, -0.1) is 0 Å². The van der Waals surface area contributed by atoms with Crippen molar-refractivity contribution < 1.29 is 5.11 Å². The SMILES string of the molecule is O[C@H](C1=CCCC1)[C@@H]1CCCN1. The van der Waals surface area contributed by atoms with Crippen molar-refractivity contribution >= 4 is 0 Å². The fourth-order valence-corrected chi connectivity index (χ4v) is 2.20. The first-order chi connectivity index (χ1) is 5.88. The molecular formula is C10H17NO. The van der Waals surface area contributed by atoms with Crippen molar-refractivity contribution in [1.29, 1.82) is 0 Å². The molecule has 0 spiro atoms. The van der Waals surface area contributed by atoms with Gasteiger partial charge in [0.25, 0.3) is 0 Å². The second-order valence-electron chi connectivity index (χ2n) is 3.82. The molecule has 1 fully saturated rings. The second-order valence-corrected chi connectivity index (χ2v) is 3.82. The molecule has 2 heteroatoms. The van der Waals surface area contributed by atoms with Gasteiger partial charge < -0.3 is 10.4 Å². The Hall–Kier alpha value is -0.340. The Morgan fingerprint density at radius 1 is 1.50 bits per heavy atom. The van der Waals surface area contributed by atoms with Crippen molar-refractivity contribution in [2.45, 2.75) is 44.2 Å². The third kappa shape index (κ3) is 1.54. The molecule has 1 aliphatic heterocycles. The summed E-state index contributed by atoms with van der Waals surface area (Å²) in [5.41, 5.74) is 1.27. The predicted molar refractivity (Wildman–Crippen MR) is 49.0 cm³/mol. The monoisotopic (exact) mass is 167 g/mol. The van der Waals surface area contributed by atoms with Crippen molar-refractivity contribution in [3.63, 3.8) is 0 Å². The normalized spacial score (nSPS) is 32.1. The van der Waals surface area contributed by atoms with Crippen LogP contribution in [0.2, 0.25) is 0 Å². The maximum Gasteiger partial charge on any atom is 0.0903 e. The number of hydrogen-bond acceptors (Lipinski definition) is 2. The van der Waals surface area contributed by atoms with Gasteiger partial charge in [0.2, 0.25) is 0 Å². The molecule has 12 heavy (non-hydrogen) atoms. The Kier molecular flexibility index (Phi) is 2.47. The van der Waals surface area contributed by atoms with Crippen LogP contribution in [0.15, 0.2) is 11.6 Å². The quantitative estimate of drug-likeness (QED) is 0.606. The Labute approximate surface area is 73.7 Å². The summed E-state index contributed by atoms with van der Waals surface area (Å²) in [5.74, 6) is 0. The van der Waals surface area contributed by atoms with Gasteiger partial charge >= 0.3 is 0 Å². The molecule has 2 nitrogen and oxygen atoms in total. The van der Waals surface area contributed by atoms with Gasteiger partial charge in [0.05, 0.1) is 6.10 Å². The molecule has 0 bridgehead atoms. The average molecular weight is 167 g/mol. The fraction of sp³-hybridized carbons (Fsp3) is 0.800. The number of rotatable bonds is 2. The van der Waals surface area contributed by atoms with Crippen LogP contribution in [0.3, 0.4) is 0 Å². The van der Waals surface area contributed by atoms with Gasteiger partial charge in [-0.1, -0.05) is 6.08 Å². The number of hydrogen-bond donors (Lipinski definition) is 2. The molecule has 0 radical (unpaired) electrons. The van der Waals surface area contributed by atoms with E-state index in [1.807, 2.05) is 0 Å². The molecule has 2 N–H and O–H groups in total. The van der Waals surface area contributed by atoms with Crippen molar-refractivity contribution in [3.05, 3.63) is 11.6 Å². The van der Waals surface area contributed by atoms with Gasteiger partial charge in [0.1, 0.15) is 0 Å². The maximum atomic E-state index is 9.92. The highest BCUT2D eigenvalue weighted by Crippen LogP contribution is 2.24. The van der Waals surface area contributed by atoms with Crippen LogP contribution in [0.25, 0.3) is 0 Å². The molecule has 0 aromatic heterocycles. The van der Waals surface area contributed by atoms with E-state index < -0.39 is 0 Å². The van der Waals surface area contributed by atoms with E-state index in [4.69, 9.17) is 0 Å². The van der Waals surface area contributed by atoms with E-state index in [1.165, 1.54) is 24.8 Å². The molecule has 0 aromatic rings. The highest BCUT2D eigenvalue weighted by atomic mass is 16.3. The van der Waals surface area contributed by atoms with Gasteiger partial charge in [0.15, 0.2) is 0 Å². The minimum absolute atomic E-state index is 0.199. The molecule has 1 aliphatic carbocycles. The molecule has 2 aliphatic rings. The van der Waals surface area contributed by atoms with Crippen LogP contribution in [0.4, 0.5) is 0 Å². The summed E-state index contributed by atoms with van der Waals surface area (Å²) in [5, 5.41) is 13.3. The molecule has 0 saturated carbocycles. The molecular weight excluding hydrogens is 150 g/mol. The third-order valence-corrected chi connectivity index (χ3v) is 2.94. The summed E-state index contributed by atoms with van der Waals surface area (Å²) < 4.78 is 0. The highest BCUT2D eigenvalue weighted by Gasteiger charge is 2.26. The fourth-order valence-electron chi connectivity index (χ4n) is 2.20. The van der Waals surface area contributed by atoms with E-state index in [2.05, 4.69) is 11.4 Å². The zero-order valence-corrected chi connectivity index (χ0v) is 7.42. The van der Waals surface area contributed by atoms with E-state index in [9.17, 15) is 5.11 Å². The summed E-state index contributed by atoms with van der Waals surface area (Å²) in [6, 6.07) is 0.342. The second kappa shape index (κ2) is 3.58. The summed E-state index contributed by atoms with van der Waals surface area (Å²) >= 11 is 0. The summed E-state index contributed by atoms with van der Waals surface area (Å²) in [6.45, 7) is 1.08. The van der Waals surface area contributed by atoms with Gasteiger partial charge in [-0.05, 0) is 44.2 Å². The molecule has 2 rings (SSSR count). The number of allylic oxidation sites excluding steroid dienone is 1. The standard InChI is InChI=1S/C10H17NO/c12-10(8-4-1-2-5-8)9-6-3-7-11-9/h4,9-12H,1-3,5-7H2/t9-,10+/m0/s1. The lowest BCUT2D eigenvalue weighted by Crippen LogP contribution is -2.35. The predicted octanol–water partition coefficient (Wildman–Crippen LogP) is 1.21. The van der Waals surface area contributed by atoms with Gasteiger partial charge in [-0.3, -0.25) is 0 Å². The van der Waals surface area contributed by atoms with Crippen molar-refractivity contribution in [2.24, 2.45) is 0 Å². The molecule has 68 valence electrons. The molecule has 0 aromatic carbocycles. The van der Waals surface area contributed by atoms with Crippen molar-refractivity contribution in [3.8, 4) is 0 Å². The molecule has 0 amide bonds. The lowest BCUT2D eigenvalue weighted by atomic mass is 10.0. The van der Waals surface area contributed by atoms with E-state index in [-0.39, 0.29) is 6.10 Å². The van der Waals surface area contributed by atoms with Crippen LogP contribution < -0.4 is 5.32 Å². The van der Waals surface area contributed by atoms with Crippen molar-refractivity contribution in [2.75, 3.05) is 6.54 Å². The zero-order valence-electron chi connectivity index (χ0n) is 7.42. The molecule has 0 unspecified atom stereocenters. The van der Waals surface area contributed by atoms with Gasteiger partial charge in [-0.25, -0.2) is 0 Å². The Bertz CT molecular complexity index is 182. The van der Waals surface area contributed by atoms with E-state index in [0.717, 1.165) is 19.4 Å². The minimum atomic E-state index is -0.199.